The maximum atomic E-state index is 13.6. The summed E-state index contributed by atoms with van der Waals surface area (Å²) in [6, 6.07) is 15.5. The first-order chi connectivity index (χ1) is 17.0. The van der Waals surface area contributed by atoms with Gasteiger partial charge in [-0.05, 0) is 63.1 Å². The molecule has 1 saturated heterocycles. The molecule has 0 spiro atoms. The number of amides is 1. The number of ether oxygens (including phenoxy) is 1. The third-order valence-corrected chi connectivity index (χ3v) is 6.14. The van der Waals surface area contributed by atoms with Gasteiger partial charge in [0.1, 0.15) is 17.3 Å². The Bertz CT molecular complexity index is 1370. The van der Waals surface area contributed by atoms with Crippen LogP contribution in [0, 0.1) is 19.7 Å². The largest absolute Gasteiger partial charge is 0.437 e. The molecule has 1 amide bonds. The summed E-state index contributed by atoms with van der Waals surface area (Å²) in [6.45, 7) is 5.11. The van der Waals surface area contributed by atoms with Crippen LogP contribution in [0.25, 0.3) is 5.69 Å². The summed E-state index contributed by atoms with van der Waals surface area (Å²) in [7, 11) is 0. The van der Waals surface area contributed by atoms with E-state index < -0.39 is 0 Å². The molecule has 8 heteroatoms. The van der Waals surface area contributed by atoms with E-state index in [1.54, 1.807) is 24.5 Å². The zero-order valence-electron chi connectivity index (χ0n) is 19.7. The van der Waals surface area contributed by atoms with Crippen LogP contribution in [-0.2, 0) is 0 Å². The molecule has 0 bridgehead atoms. The highest BCUT2D eigenvalue weighted by Gasteiger charge is 2.29. The van der Waals surface area contributed by atoms with Crippen molar-refractivity contribution in [2.75, 3.05) is 13.1 Å². The fourth-order valence-electron chi connectivity index (χ4n) is 4.57. The van der Waals surface area contributed by atoms with Gasteiger partial charge in [-0.2, -0.15) is 5.10 Å². The molecule has 7 nitrogen and oxygen atoms in total. The van der Waals surface area contributed by atoms with E-state index in [4.69, 9.17) is 4.74 Å². The number of nitrogens with zero attached hydrogens (tertiary/aromatic N) is 5. The SMILES string of the molecule is Cc1cc(C)n(-c2cccc(C(=O)N3CCC[C@H](c4nccnc4Oc4cccc(F)c4)C3)c2)n1. The number of hydrogen-bond acceptors (Lipinski definition) is 5. The molecule has 5 rings (SSSR count). The number of aryl methyl sites for hydroxylation is 2. The lowest BCUT2D eigenvalue weighted by molar-refractivity contribution is 0.0704. The monoisotopic (exact) mass is 471 g/mol. The number of carbonyl (C=O) groups is 1. The first kappa shape index (κ1) is 22.7. The van der Waals surface area contributed by atoms with Gasteiger partial charge < -0.3 is 9.64 Å². The smallest absolute Gasteiger partial charge is 0.253 e. The van der Waals surface area contributed by atoms with Crippen LogP contribution in [-0.4, -0.2) is 43.6 Å². The molecule has 0 unspecified atom stereocenters. The van der Waals surface area contributed by atoms with E-state index in [2.05, 4.69) is 15.1 Å². The van der Waals surface area contributed by atoms with E-state index in [0.717, 1.165) is 29.9 Å². The van der Waals surface area contributed by atoms with Gasteiger partial charge in [0.25, 0.3) is 5.91 Å². The third-order valence-electron chi connectivity index (χ3n) is 6.14. The summed E-state index contributed by atoms with van der Waals surface area (Å²) in [5.74, 6) is 0.240. The van der Waals surface area contributed by atoms with Crippen molar-refractivity contribution in [1.29, 1.82) is 0 Å². The van der Waals surface area contributed by atoms with Gasteiger partial charge in [0.2, 0.25) is 5.88 Å². The Kier molecular flexibility index (Phi) is 6.27. The summed E-state index contributed by atoms with van der Waals surface area (Å²) in [6.07, 6.45) is 4.86. The molecule has 1 atom stereocenters. The molecule has 0 radical (unpaired) electrons. The number of carbonyl (C=O) groups excluding carboxylic acids is 1. The molecule has 178 valence electrons. The summed E-state index contributed by atoms with van der Waals surface area (Å²) >= 11 is 0. The molecule has 4 aromatic rings. The van der Waals surface area contributed by atoms with E-state index in [0.29, 0.717) is 36.0 Å². The molecule has 0 N–H and O–H groups in total. The van der Waals surface area contributed by atoms with E-state index in [1.807, 2.05) is 53.8 Å². The molecule has 1 aliphatic heterocycles. The average molecular weight is 472 g/mol. The van der Waals surface area contributed by atoms with E-state index in [9.17, 15) is 9.18 Å². The molecule has 0 saturated carbocycles. The second-order valence-corrected chi connectivity index (χ2v) is 8.79. The molecule has 2 aromatic carbocycles. The van der Waals surface area contributed by atoms with Crippen LogP contribution >= 0.6 is 0 Å². The summed E-state index contributed by atoms with van der Waals surface area (Å²) < 4.78 is 21.3. The number of rotatable bonds is 5. The van der Waals surface area contributed by atoms with Crippen LogP contribution in [0.15, 0.2) is 67.0 Å². The van der Waals surface area contributed by atoms with Gasteiger partial charge in [-0.3, -0.25) is 9.78 Å². The number of piperidine rings is 1. The van der Waals surface area contributed by atoms with Crippen LogP contribution in [0.2, 0.25) is 0 Å². The van der Waals surface area contributed by atoms with Crippen molar-refractivity contribution < 1.29 is 13.9 Å². The van der Waals surface area contributed by atoms with Crippen molar-refractivity contribution in [1.82, 2.24) is 24.6 Å². The quantitative estimate of drug-likeness (QED) is 0.399. The summed E-state index contributed by atoms with van der Waals surface area (Å²) in [5, 5.41) is 4.53. The van der Waals surface area contributed by atoms with Gasteiger partial charge in [-0.1, -0.05) is 12.1 Å². The molecular weight excluding hydrogens is 445 g/mol. The van der Waals surface area contributed by atoms with E-state index in [1.165, 1.54) is 12.1 Å². The minimum absolute atomic E-state index is 0.0328. The normalized spacial score (nSPS) is 15.7. The topological polar surface area (TPSA) is 73.1 Å². The Hall–Kier alpha value is -4.07. The van der Waals surface area contributed by atoms with Gasteiger partial charge in [0.15, 0.2) is 0 Å². The molecule has 3 heterocycles. The lowest BCUT2D eigenvalue weighted by atomic mass is 9.94. The van der Waals surface area contributed by atoms with Gasteiger partial charge in [-0.15, -0.1) is 0 Å². The van der Waals surface area contributed by atoms with Gasteiger partial charge >= 0.3 is 0 Å². The second-order valence-electron chi connectivity index (χ2n) is 8.79. The summed E-state index contributed by atoms with van der Waals surface area (Å²) in [5.41, 5.74) is 4.09. The van der Waals surface area contributed by atoms with Crippen LogP contribution in [0.5, 0.6) is 11.6 Å². The fraction of sp³-hybridized carbons (Fsp3) is 0.259. The van der Waals surface area contributed by atoms with Crippen LogP contribution in [0.4, 0.5) is 4.39 Å². The van der Waals surface area contributed by atoms with Crippen LogP contribution < -0.4 is 4.74 Å². The average Bonchev–Trinajstić information content (AvgIpc) is 3.22. The van der Waals surface area contributed by atoms with Crippen molar-refractivity contribution in [3.05, 3.63) is 95.5 Å². The van der Waals surface area contributed by atoms with Gasteiger partial charge in [0, 0.05) is 48.7 Å². The van der Waals surface area contributed by atoms with E-state index in [-0.39, 0.29) is 17.6 Å². The maximum absolute atomic E-state index is 13.6. The zero-order chi connectivity index (χ0) is 24.4. The fourth-order valence-corrected chi connectivity index (χ4v) is 4.57. The third kappa shape index (κ3) is 4.91. The maximum Gasteiger partial charge on any atom is 0.253 e. The molecule has 1 aliphatic rings. The molecule has 1 fully saturated rings. The number of aromatic nitrogens is 4. The number of hydrogen-bond donors (Lipinski definition) is 0. The lowest BCUT2D eigenvalue weighted by Crippen LogP contribution is -2.39. The number of halogens is 1. The van der Waals surface area contributed by atoms with Crippen molar-refractivity contribution in [2.45, 2.75) is 32.6 Å². The highest BCUT2D eigenvalue weighted by molar-refractivity contribution is 5.94. The number of benzene rings is 2. The van der Waals surface area contributed by atoms with Crippen molar-refractivity contribution in [3.8, 4) is 17.3 Å². The van der Waals surface area contributed by atoms with E-state index >= 15 is 0 Å². The first-order valence-electron chi connectivity index (χ1n) is 11.7. The van der Waals surface area contributed by atoms with Crippen molar-refractivity contribution in [3.63, 3.8) is 0 Å². The zero-order valence-corrected chi connectivity index (χ0v) is 19.7. The Morgan fingerprint density at radius 2 is 1.89 bits per heavy atom. The lowest BCUT2D eigenvalue weighted by Gasteiger charge is -2.33. The molecule has 35 heavy (non-hydrogen) atoms. The Morgan fingerprint density at radius 3 is 2.69 bits per heavy atom. The Balaban J connectivity index is 1.36. The molecule has 2 aromatic heterocycles. The molecular formula is C27H26FN5O2. The highest BCUT2D eigenvalue weighted by Crippen LogP contribution is 2.33. The predicted molar refractivity (Wildman–Crippen MR) is 129 cm³/mol. The predicted octanol–water partition coefficient (Wildman–Crippen LogP) is 5.23. The highest BCUT2D eigenvalue weighted by atomic mass is 19.1. The van der Waals surface area contributed by atoms with Gasteiger partial charge in [-0.25, -0.2) is 14.1 Å². The Labute approximate surface area is 203 Å². The Morgan fingerprint density at radius 1 is 1.06 bits per heavy atom. The molecule has 0 aliphatic carbocycles. The summed E-state index contributed by atoms with van der Waals surface area (Å²) in [4.78, 5) is 24.2. The van der Waals surface area contributed by atoms with Crippen molar-refractivity contribution in [2.24, 2.45) is 0 Å². The minimum atomic E-state index is -0.384. The van der Waals surface area contributed by atoms with Gasteiger partial charge in [0.05, 0.1) is 11.4 Å². The number of likely N-dealkylation sites (tertiary alicyclic amines) is 1. The standard InChI is InChI=1S/C27H26FN5O2/c1-18-14-19(2)33(31-18)23-9-3-6-20(15-23)27(34)32-13-5-7-21(17-32)25-26(30-12-11-29-25)35-24-10-4-8-22(28)16-24/h3-4,6,8-12,14-16,21H,5,7,13,17H2,1-2H3/t21-/m0/s1. The van der Waals surface area contributed by atoms with Crippen LogP contribution in [0.3, 0.4) is 0 Å². The van der Waals surface area contributed by atoms with Crippen molar-refractivity contribution >= 4 is 5.91 Å². The second kappa shape index (κ2) is 9.66. The minimum Gasteiger partial charge on any atom is -0.437 e. The van der Waals surface area contributed by atoms with Crippen LogP contribution in [0.1, 0.15) is 46.2 Å². The first-order valence-corrected chi connectivity index (χ1v) is 11.7.